The summed E-state index contributed by atoms with van der Waals surface area (Å²) in [5, 5.41) is 4.37. The van der Waals surface area contributed by atoms with Crippen LogP contribution in [0.3, 0.4) is 0 Å². The molecular weight excluding hydrogens is 222 g/mol. The highest BCUT2D eigenvalue weighted by molar-refractivity contribution is 4.46. The normalized spacial score (nSPS) is 10.9. The van der Waals surface area contributed by atoms with Gasteiger partial charge in [0, 0.05) is 26.3 Å². The molecular formula is C12H26NO4. The standard InChI is InChI=1S/C12H26NO4/c1-3-14-11-16-9-5-7-13-8-6-10-17-12-15-4-2/h3-12H2,1-2H3. The Kier molecular flexibility index (Phi) is 15.6. The van der Waals surface area contributed by atoms with Crippen molar-refractivity contribution >= 4 is 0 Å². The molecule has 0 saturated carbocycles. The first kappa shape index (κ1) is 16.8. The van der Waals surface area contributed by atoms with Crippen molar-refractivity contribution in [2.24, 2.45) is 0 Å². The van der Waals surface area contributed by atoms with Crippen LogP contribution in [0.15, 0.2) is 0 Å². The van der Waals surface area contributed by atoms with Crippen molar-refractivity contribution < 1.29 is 18.9 Å². The largest absolute Gasteiger partial charge is 0.356 e. The first-order valence-corrected chi connectivity index (χ1v) is 6.36. The summed E-state index contributed by atoms with van der Waals surface area (Å²) in [6.45, 7) is 9.20. The lowest BCUT2D eigenvalue weighted by atomic mass is 10.4. The summed E-state index contributed by atoms with van der Waals surface area (Å²) in [4.78, 5) is 0. The van der Waals surface area contributed by atoms with Crippen molar-refractivity contribution in [3.05, 3.63) is 0 Å². The molecule has 0 heterocycles. The second kappa shape index (κ2) is 15.8. The number of rotatable bonds is 14. The van der Waals surface area contributed by atoms with Gasteiger partial charge in [-0.05, 0) is 26.7 Å². The van der Waals surface area contributed by atoms with Crippen LogP contribution < -0.4 is 5.32 Å². The maximum atomic E-state index is 5.22. The fraction of sp³-hybridized carbons (Fsp3) is 1.00. The summed E-state index contributed by atoms with van der Waals surface area (Å²) in [5.41, 5.74) is 0. The van der Waals surface area contributed by atoms with E-state index in [9.17, 15) is 0 Å². The highest BCUT2D eigenvalue weighted by Gasteiger charge is 1.92. The van der Waals surface area contributed by atoms with Crippen LogP contribution >= 0.6 is 0 Å². The Morgan fingerprint density at radius 3 is 1.59 bits per heavy atom. The monoisotopic (exact) mass is 248 g/mol. The van der Waals surface area contributed by atoms with Crippen LogP contribution in [-0.2, 0) is 18.9 Å². The van der Waals surface area contributed by atoms with Crippen LogP contribution in [0.25, 0.3) is 0 Å². The smallest absolute Gasteiger partial charge is 0.146 e. The summed E-state index contributed by atoms with van der Waals surface area (Å²) in [5.74, 6) is 0. The Balaban J connectivity index is 2.85. The van der Waals surface area contributed by atoms with E-state index < -0.39 is 0 Å². The number of hydrogen-bond acceptors (Lipinski definition) is 4. The topological polar surface area (TPSA) is 51.0 Å². The van der Waals surface area contributed by atoms with E-state index in [2.05, 4.69) is 5.32 Å². The average Bonchev–Trinajstić information content (AvgIpc) is 2.35. The van der Waals surface area contributed by atoms with Gasteiger partial charge in [-0.2, -0.15) is 0 Å². The minimum atomic E-state index is 0.391. The van der Waals surface area contributed by atoms with E-state index in [-0.39, 0.29) is 0 Å². The van der Waals surface area contributed by atoms with Crippen molar-refractivity contribution in [2.75, 3.05) is 53.1 Å². The Morgan fingerprint density at radius 1 is 0.706 bits per heavy atom. The molecule has 103 valence electrons. The minimum Gasteiger partial charge on any atom is -0.356 e. The van der Waals surface area contributed by atoms with Crippen LogP contribution in [0.1, 0.15) is 26.7 Å². The maximum Gasteiger partial charge on any atom is 0.146 e. The van der Waals surface area contributed by atoms with Crippen molar-refractivity contribution in [1.29, 1.82) is 0 Å². The quantitative estimate of drug-likeness (QED) is 0.344. The summed E-state index contributed by atoms with van der Waals surface area (Å²) in [6, 6.07) is 0. The molecule has 0 fully saturated rings. The van der Waals surface area contributed by atoms with Gasteiger partial charge in [-0.25, -0.2) is 5.32 Å². The van der Waals surface area contributed by atoms with E-state index in [1.807, 2.05) is 13.8 Å². The van der Waals surface area contributed by atoms with Crippen molar-refractivity contribution in [3.8, 4) is 0 Å². The van der Waals surface area contributed by atoms with Gasteiger partial charge < -0.3 is 18.9 Å². The molecule has 0 aliphatic rings. The molecule has 0 bridgehead atoms. The minimum absolute atomic E-state index is 0.391. The molecule has 0 unspecified atom stereocenters. The zero-order valence-corrected chi connectivity index (χ0v) is 11.2. The zero-order chi connectivity index (χ0) is 12.6. The van der Waals surface area contributed by atoms with Gasteiger partial charge in [0.15, 0.2) is 0 Å². The third-order valence-electron chi connectivity index (χ3n) is 1.95. The van der Waals surface area contributed by atoms with Gasteiger partial charge in [0.2, 0.25) is 0 Å². The third kappa shape index (κ3) is 15.8. The third-order valence-corrected chi connectivity index (χ3v) is 1.95. The van der Waals surface area contributed by atoms with Gasteiger partial charge in [-0.1, -0.05) is 0 Å². The molecule has 5 heteroatoms. The van der Waals surface area contributed by atoms with Crippen molar-refractivity contribution in [2.45, 2.75) is 26.7 Å². The van der Waals surface area contributed by atoms with Gasteiger partial charge in [0.25, 0.3) is 0 Å². The molecule has 0 amide bonds. The Labute approximate surface area is 105 Å². The van der Waals surface area contributed by atoms with Crippen LogP contribution in [-0.4, -0.2) is 53.1 Å². The lowest BCUT2D eigenvalue weighted by Crippen LogP contribution is -2.13. The van der Waals surface area contributed by atoms with Crippen molar-refractivity contribution in [3.63, 3.8) is 0 Å². The molecule has 0 atom stereocenters. The molecule has 0 N–H and O–H groups in total. The lowest BCUT2D eigenvalue weighted by molar-refractivity contribution is -0.0507. The maximum absolute atomic E-state index is 5.22. The molecule has 1 radical (unpaired) electrons. The van der Waals surface area contributed by atoms with E-state index in [1.165, 1.54) is 0 Å². The SMILES string of the molecule is CCOCOCCC[N]CCCOCOCC. The van der Waals surface area contributed by atoms with Crippen LogP contribution in [0.2, 0.25) is 0 Å². The number of ether oxygens (including phenoxy) is 4. The predicted molar refractivity (Wildman–Crippen MR) is 66.0 cm³/mol. The molecule has 0 aliphatic heterocycles. The van der Waals surface area contributed by atoms with Crippen LogP contribution in [0, 0.1) is 0 Å². The van der Waals surface area contributed by atoms with E-state index >= 15 is 0 Å². The molecule has 0 aromatic rings. The zero-order valence-electron chi connectivity index (χ0n) is 11.2. The molecule has 17 heavy (non-hydrogen) atoms. The molecule has 0 rings (SSSR count). The lowest BCUT2D eigenvalue weighted by Gasteiger charge is -2.05. The molecule has 0 aromatic heterocycles. The predicted octanol–water partition coefficient (Wildman–Crippen LogP) is 1.39. The van der Waals surface area contributed by atoms with Gasteiger partial charge in [0.05, 0.1) is 13.2 Å². The summed E-state index contributed by atoms with van der Waals surface area (Å²) < 4.78 is 20.5. The van der Waals surface area contributed by atoms with Gasteiger partial charge in [-0.15, -0.1) is 0 Å². The Morgan fingerprint density at radius 2 is 1.18 bits per heavy atom. The number of hydrogen-bond donors (Lipinski definition) is 0. The Bertz CT molecular complexity index is 122. The fourth-order valence-corrected chi connectivity index (χ4v) is 1.07. The molecule has 5 nitrogen and oxygen atoms in total. The summed E-state index contributed by atoms with van der Waals surface area (Å²) in [7, 11) is 0. The number of nitrogens with zero attached hydrogens (tertiary/aromatic N) is 1. The summed E-state index contributed by atoms with van der Waals surface area (Å²) in [6.07, 6.45) is 1.90. The van der Waals surface area contributed by atoms with E-state index in [0.717, 1.165) is 25.9 Å². The van der Waals surface area contributed by atoms with Gasteiger partial charge >= 0.3 is 0 Å². The molecule has 0 aliphatic carbocycles. The second-order valence-corrected chi connectivity index (χ2v) is 3.42. The van der Waals surface area contributed by atoms with Gasteiger partial charge in [0.1, 0.15) is 13.6 Å². The molecule has 0 saturated heterocycles. The molecule has 0 spiro atoms. The van der Waals surface area contributed by atoms with Gasteiger partial charge in [-0.3, -0.25) is 0 Å². The van der Waals surface area contributed by atoms with Crippen molar-refractivity contribution in [1.82, 2.24) is 5.32 Å². The van der Waals surface area contributed by atoms with E-state index in [4.69, 9.17) is 18.9 Å². The average molecular weight is 248 g/mol. The van der Waals surface area contributed by atoms with E-state index in [1.54, 1.807) is 0 Å². The summed E-state index contributed by atoms with van der Waals surface area (Å²) >= 11 is 0. The first-order chi connectivity index (χ1) is 8.41. The highest BCUT2D eigenvalue weighted by Crippen LogP contribution is 1.86. The van der Waals surface area contributed by atoms with E-state index in [0.29, 0.717) is 40.0 Å². The van der Waals surface area contributed by atoms with Crippen LogP contribution in [0.5, 0.6) is 0 Å². The fourth-order valence-electron chi connectivity index (χ4n) is 1.07. The Hall–Kier alpha value is -0.200. The molecule has 0 aromatic carbocycles. The second-order valence-electron chi connectivity index (χ2n) is 3.42. The van der Waals surface area contributed by atoms with Crippen LogP contribution in [0.4, 0.5) is 0 Å². The highest BCUT2D eigenvalue weighted by atomic mass is 16.7. The first-order valence-electron chi connectivity index (χ1n) is 6.36.